The van der Waals surface area contributed by atoms with Crippen LogP contribution in [0.2, 0.25) is 0 Å². The number of likely N-dealkylation sites (N-methyl/N-ethyl adjacent to an activating group) is 1. The Morgan fingerprint density at radius 2 is 1.82 bits per heavy atom. The van der Waals surface area contributed by atoms with Crippen molar-refractivity contribution in [1.29, 1.82) is 0 Å². The number of benzene rings is 2. The van der Waals surface area contributed by atoms with E-state index in [4.69, 9.17) is 0 Å². The Morgan fingerprint density at radius 1 is 1.12 bits per heavy atom. The van der Waals surface area contributed by atoms with Gasteiger partial charge in [-0.1, -0.05) is 36.4 Å². The summed E-state index contributed by atoms with van der Waals surface area (Å²) in [5.74, 6) is -0.0158. The van der Waals surface area contributed by atoms with Gasteiger partial charge >= 0.3 is 0 Å². The summed E-state index contributed by atoms with van der Waals surface area (Å²) in [6.45, 7) is 1.85. The zero-order valence-corrected chi connectivity index (χ0v) is 10.0. The van der Waals surface area contributed by atoms with E-state index in [9.17, 15) is 4.79 Å². The van der Waals surface area contributed by atoms with E-state index in [1.807, 2.05) is 37.3 Å². The van der Waals surface area contributed by atoms with E-state index in [2.05, 4.69) is 22.8 Å². The van der Waals surface area contributed by atoms with Crippen LogP contribution in [-0.2, 0) is 4.79 Å². The largest absolute Gasteiger partial charge is 0.373 e. The molecule has 2 aromatic carbocycles. The number of nitrogens with one attached hydrogen (secondary N) is 2. The van der Waals surface area contributed by atoms with Crippen LogP contribution in [0.1, 0.15) is 6.92 Å². The standard InChI is InChI=1S/C14H16N2O/c1-10(14(17)15-2)16-13-9-5-7-11-6-3-4-8-12(11)13/h3-10,16H,1-2H3,(H,15,17)/t10-/m1/s1. The second-order valence-electron chi connectivity index (χ2n) is 4.01. The maximum Gasteiger partial charge on any atom is 0.241 e. The lowest BCUT2D eigenvalue weighted by Gasteiger charge is -2.15. The third kappa shape index (κ3) is 2.38. The smallest absolute Gasteiger partial charge is 0.241 e. The number of anilines is 1. The highest BCUT2D eigenvalue weighted by atomic mass is 16.2. The number of amides is 1. The van der Waals surface area contributed by atoms with E-state index >= 15 is 0 Å². The molecule has 3 heteroatoms. The van der Waals surface area contributed by atoms with Gasteiger partial charge in [-0.05, 0) is 18.4 Å². The highest BCUT2D eigenvalue weighted by Crippen LogP contribution is 2.23. The summed E-state index contributed by atoms with van der Waals surface area (Å²) >= 11 is 0. The number of rotatable bonds is 3. The third-order valence-electron chi connectivity index (χ3n) is 2.80. The summed E-state index contributed by atoms with van der Waals surface area (Å²) in [7, 11) is 1.64. The van der Waals surface area contributed by atoms with Gasteiger partial charge < -0.3 is 10.6 Å². The molecule has 0 saturated carbocycles. The number of fused-ring (bicyclic) bond motifs is 1. The lowest BCUT2D eigenvalue weighted by atomic mass is 10.1. The van der Waals surface area contributed by atoms with E-state index in [0.717, 1.165) is 11.1 Å². The van der Waals surface area contributed by atoms with Crippen LogP contribution in [-0.4, -0.2) is 19.0 Å². The van der Waals surface area contributed by atoms with Gasteiger partial charge in [-0.3, -0.25) is 4.79 Å². The van der Waals surface area contributed by atoms with E-state index in [1.165, 1.54) is 5.39 Å². The van der Waals surface area contributed by atoms with Crippen LogP contribution in [0.25, 0.3) is 10.8 Å². The van der Waals surface area contributed by atoms with Crippen LogP contribution in [0, 0.1) is 0 Å². The van der Waals surface area contributed by atoms with Crippen LogP contribution in [0.4, 0.5) is 5.69 Å². The number of carbonyl (C=O) groups excluding carboxylic acids is 1. The molecule has 0 saturated heterocycles. The molecule has 0 aliphatic carbocycles. The lowest BCUT2D eigenvalue weighted by Crippen LogP contribution is -2.35. The van der Waals surface area contributed by atoms with Crippen LogP contribution in [0.3, 0.4) is 0 Å². The van der Waals surface area contributed by atoms with Crippen molar-refractivity contribution in [3.8, 4) is 0 Å². The molecule has 1 amide bonds. The minimum absolute atomic E-state index is 0.0158. The quantitative estimate of drug-likeness (QED) is 0.847. The Bertz CT molecular complexity index is 531. The predicted molar refractivity (Wildman–Crippen MR) is 71.1 cm³/mol. The van der Waals surface area contributed by atoms with Crippen LogP contribution in [0.15, 0.2) is 42.5 Å². The molecule has 0 aromatic heterocycles. The van der Waals surface area contributed by atoms with Gasteiger partial charge in [0.15, 0.2) is 0 Å². The lowest BCUT2D eigenvalue weighted by molar-refractivity contribution is -0.121. The first-order valence-electron chi connectivity index (χ1n) is 5.68. The van der Waals surface area contributed by atoms with Gasteiger partial charge in [0.05, 0.1) is 0 Å². The van der Waals surface area contributed by atoms with Crippen LogP contribution < -0.4 is 10.6 Å². The molecule has 0 spiro atoms. The molecule has 0 fully saturated rings. The minimum Gasteiger partial charge on any atom is -0.373 e. The van der Waals surface area contributed by atoms with Gasteiger partial charge in [0.2, 0.25) is 5.91 Å². The first-order valence-corrected chi connectivity index (χ1v) is 5.68. The van der Waals surface area contributed by atoms with E-state index in [-0.39, 0.29) is 11.9 Å². The van der Waals surface area contributed by atoms with E-state index in [1.54, 1.807) is 7.05 Å². The highest BCUT2D eigenvalue weighted by Gasteiger charge is 2.11. The topological polar surface area (TPSA) is 41.1 Å². The van der Waals surface area contributed by atoms with Gasteiger partial charge in [0.25, 0.3) is 0 Å². The van der Waals surface area contributed by atoms with Crippen molar-refractivity contribution in [2.75, 3.05) is 12.4 Å². The molecule has 88 valence electrons. The average Bonchev–Trinajstić information content (AvgIpc) is 2.38. The second kappa shape index (κ2) is 4.87. The predicted octanol–water partition coefficient (Wildman–Crippen LogP) is 2.39. The molecule has 0 aliphatic heterocycles. The number of hydrogen-bond acceptors (Lipinski definition) is 2. The zero-order chi connectivity index (χ0) is 12.3. The van der Waals surface area contributed by atoms with E-state index in [0.29, 0.717) is 0 Å². The molecule has 1 atom stereocenters. The van der Waals surface area contributed by atoms with Crippen molar-refractivity contribution in [2.24, 2.45) is 0 Å². The molecule has 2 rings (SSSR count). The van der Waals surface area contributed by atoms with Gasteiger partial charge in [-0.25, -0.2) is 0 Å². The fourth-order valence-corrected chi connectivity index (χ4v) is 1.87. The summed E-state index contributed by atoms with van der Waals surface area (Å²) in [4.78, 5) is 11.5. The van der Waals surface area contributed by atoms with E-state index < -0.39 is 0 Å². The molecule has 17 heavy (non-hydrogen) atoms. The fourth-order valence-electron chi connectivity index (χ4n) is 1.87. The Kier molecular flexibility index (Phi) is 3.28. The molecule has 2 N–H and O–H groups in total. The number of hydrogen-bond donors (Lipinski definition) is 2. The van der Waals surface area contributed by atoms with Crippen molar-refractivity contribution in [3.63, 3.8) is 0 Å². The first kappa shape index (κ1) is 11.5. The monoisotopic (exact) mass is 228 g/mol. The van der Waals surface area contributed by atoms with Crippen LogP contribution in [0.5, 0.6) is 0 Å². The SMILES string of the molecule is CNC(=O)[C@@H](C)Nc1cccc2ccccc12. The van der Waals surface area contributed by atoms with Gasteiger partial charge in [0, 0.05) is 18.1 Å². The third-order valence-corrected chi connectivity index (χ3v) is 2.80. The highest BCUT2D eigenvalue weighted by molar-refractivity contribution is 5.95. The van der Waals surface area contributed by atoms with Gasteiger partial charge in [0.1, 0.15) is 6.04 Å². The van der Waals surface area contributed by atoms with Crippen molar-refractivity contribution in [1.82, 2.24) is 5.32 Å². The molecule has 3 nitrogen and oxygen atoms in total. The summed E-state index contributed by atoms with van der Waals surface area (Å²) < 4.78 is 0. The van der Waals surface area contributed by atoms with Crippen molar-refractivity contribution in [3.05, 3.63) is 42.5 Å². The van der Waals surface area contributed by atoms with Crippen molar-refractivity contribution < 1.29 is 4.79 Å². The first-order chi connectivity index (χ1) is 8.22. The molecule has 0 aliphatic rings. The summed E-state index contributed by atoms with van der Waals surface area (Å²) in [5, 5.41) is 8.15. The molecule has 2 aromatic rings. The summed E-state index contributed by atoms with van der Waals surface area (Å²) in [6, 6.07) is 13.9. The summed E-state index contributed by atoms with van der Waals surface area (Å²) in [5.41, 5.74) is 0.985. The number of carbonyl (C=O) groups is 1. The zero-order valence-electron chi connectivity index (χ0n) is 10.0. The molecule has 0 heterocycles. The molecular formula is C14H16N2O. The Balaban J connectivity index is 2.33. The maximum atomic E-state index is 11.5. The van der Waals surface area contributed by atoms with Crippen LogP contribution >= 0.6 is 0 Å². The normalized spacial score (nSPS) is 12.1. The molecular weight excluding hydrogens is 212 g/mol. The Morgan fingerprint density at radius 3 is 2.59 bits per heavy atom. The van der Waals surface area contributed by atoms with Gasteiger partial charge in [-0.2, -0.15) is 0 Å². The average molecular weight is 228 g/mol. The molecule has 0 bridgehead atoms. The molecule has 0 radical (unpaired) electrons. The second-order valence-corrected chi connectivity index (χ2v) is 4.01. The minimum atomic E-state index is -0.245. The Hall–Kier alpha value is -2.03. The summed E-state index contributed by atoms with van der Waals surface area (Å²) in [6.07, 6.45) is 0. The maximum absolute atomic E-state index is 11.5. The van der Waals surface area contributed by atoms with Crippen molar-refractivity contribution in [2.45, 2.75) is 13.0 Å². The molecule has 0 unspecified atom stereocenters. The van der Waals surface area contributed by atoms with Crippen molar-refractivity contribution >= 4 is 22.4 Å². The fraction of sp³-hybridized carbons (Fsp3) is 0.214. The Labute approximate surface area is 101 Å². The van der Waals surface area contributed by atoms with Gasteiger partial charge in [-0.15, -0.1) is 0 Å².